The van der Waals surface area contributed by atoms with Crippen LogP contribution < -0.4 is 5.43 Å². The highest BCUT2D eigenvalue weighted by atomic mass is 79.9. The maximum absolute atomic E-state index is 6.17. The molecule has 1 N–H and O–H groups in total. The zero-order valence-corrected chi connectivity index (χ0v) is 11.1. The fourth-order valence-electron chi connectivity index (χ4n) is 1.51. The van der Waals surface area contributed by atoms with E-state index in [9.17, 15) is 0 Å². The Morgan fingerprint density at radius 1 is 1.73 bits per heavy atom. The van der Waals surface area contributed by atoms with Crippen molar-refractivity contribution in [3.8, 4) is 0 Å². The Balaban J connectivity index is 2.36. The molecular formula is C10H13BrClN3. The molecular weight excluding hydrogens is 277 g/mol. The van der Waals surface area contributed by atoms with Crippen LogP contribution in [-0.4, -0.2) is 17.3 Å². The van der Waals surface area contributed by atoms with Crippen molar-refractivity contribution in [2.24, 2.45) is 10.9 Å². The minimum Gasteiger partial charge on any atom is -0.247 e. The topological polar surface area (TPSA) is 27.6 Å². The molecule has 0 amide bonds. The van der Waals surface area contributed by atoms with Crippen LogP contribution in [0.5, 0.6) is 0 Å². The van der Waals surface area contributed by atoms with Crippen LogP contribution in [0.3, 0.4) is 0 Å². The van der Waals surface area contributed by atoms with E-state index < -0.39 is 0 Å². The molecule has 2 aliphatic rings. The molecule has 2 aliphatic heterocycles. The van der Waals surface area contributed by atoms with Gasteiger partial charge in [-0.05, 0) is 18.4 Å². The number of nitrogens with zero attached hydrogens (tertiary/aromatic N) is 2. The summed E-state index contributed by atoms with van der Waals surface area (Å²) in [5, 5.41) is 2.49. The first-order valence-electron chi connectivity index (χ1n) is 5.01. The average Bonchev–Trinajstić information content (AvgIpc) is 2.60. The van der Waals surface area contributed by atoms with E-state index in [1.54, 1.807) is 5.01 Å². The third kappa shape index (κ3) is 1.98. The van der Waals surface area contributed by atoms with Gasteiger partial charge in [-0.15, -0.1) is 0 Å². The molecule has 0 bridgehead atoms. The van der Waals surface area contributed by atoms with Gasteiger partial charge in [0.1, 0.15) is 5.16 Å². The number of fused-ring (bicyclic) bond motifs is 1. The summed E-state index contributed by atoms with van der Waals surface area (Å²) in [4.78, 5) is 4.60. The molecule has 0 saturated heterocycles. The highest BCUT2D eigenvalue weighted by Crippen LogP contribution is 2.31. The molecule has 0 aromatic carbocycles. The standard InChI is InChI=1S/C10H13BrClN3/c1-3-6(2)8-4-9(12)15-10(14-8)7(11)5-13-15/h4,6,13H,3,5H2,1-2H3. The highest BCUT2D eigenvalue weighted by molar-refractivity contribution is 9.11. The van der Waals surface area contributed by atoms with Gasteiger partial charge in [-0.25, -0.2) is 15.4 Å². The largest absolute Gasteiger partial charge is 0.247 e. The lowest BCUT2D eigenvalue weighted by molar-refractivity contribution is 0.370. The molecule has 0 radical (unpaired) electrons. The number of hydrogen-bond donors (Lipinski definition) is 1. The molecule has 0 aromatic heterocycles. The molecule has 0 saturated carbocycles. The Hall–Kier alpha value is -0.320. The molecule has 0 aliphatic carbocycles. The molecule has 1 atom stereocenters. The predicted octanol–water partition coefficient (Wildman–Crippen LogP) is 2.95. The van der Waals surface area contributed by atoms with Crippen molar-refractivity contribution in [1.82, 2.24) is 10.4 Å². The van der Waals surface area contributed by atoms with Gasteiger partial charge in [0.05, 0.1) is 11.0 Å². The SMILES string of the molecule is CCC(C)C1=NC2=C(Br)CNN2C(Cl)=C1. The van der Waals surface area contributed by atoms with Crippen molar-refractivity contribution < 1.29 is 0 Å². The fourth-order valence-corrected chi connectivity index (χ4v) is 2.16. The number of aliphatic imine (C=N–C) groups is 1. The summed E-state index contributed by atoms with van der Waals surface area (Å²) < 4.78 is 1.05. The van der Waals surface area contributed by atoms with Gasteiger partial charge in [-0.3, -0.25) is 0 Å². The van der Waals surface area contributed by atoms with Gasteiger partial charge >= 0.3 is 0 Å². The van der Waals surface area contributed by atoms with E-state index in [0.29, 0.717) is 11.1 Å². The lowest BCUT2D eigenvalue weighted by atomic mass is 10.0. The summed E-state index contributed by atoms with van der Waals surface area (Å²) in [7, 11) is 0. The first-order valence-corrected chi connectivity index (χ1v) is 6.18. The zero-order valence-electron chi connectivity index (χ0n) is 8.72. The zero-order chi connectivity index (χ0) is 11.0. The van der Waals surface area contributed by atoms with Gasteiger partial charge in [0.25, 0.3) is 0 Å². The average molecular weight is 291 g/mol. The van der Waals surface area contributed by atoms with Gasteiger partial charge in [0, 0.05) is 5.71 Å². The third-order valence-corrected chi connectivity index (χ3v) is 3.59. The molecule has 15 heavy (non-hydrogen) atoms. The fraction of sp³-hybridized carbons (Fsp3) is 0.500. The Morgan fingerprint density at radius 3 is 3.13 bits per heavy atom. The number of rotatable bonds is 2. The maximum atomic E-state index is 6.17. The highest BCUT2D eigenvalue weighted by Gasteiger charge is 2.27. The Bertz CT molecular complexity index is 373. The lowest BCUT2D eigenvalue weighted by Crippen LogP contribution is -2.32. The van der Waals surface area contributed by atoms with Gasteiger partial charge in [-0.2, -0.15) is 0 Å². The Morgan fingerprint density at radius 2 is 2.47 bits per heavy atom. The normalized spacial score (nSPS) is 22.5. The summed E-state index contributed by atoms with van der Waals surface area (Å²) in [6.45, 7) is 5.06. The first-order chi connectivity index (χ1) is 7.13. The van der Waals surface area contributed by atoms with Crippen LogP contribution in [0.1, 0.15) is 20.3 Å². The molecule has 3 nitrogen and oxygen atoms in total. The van der Waals surface area contributed by atoms with E-state index in [1.165, 1.54) is 0 Å². The summed E-state index contributed by atoms with van der Waals surface area (Å²) in [6, 6.07) is 0. The van der Waals surface area contributed by atoms with Gasteiger partial charge in [0.15, 0.2) is 5.82 Å². The van der Waals surface area contributed by atoms with Gasteiger partial charge < -0.3 is 0 Å². The van der Waals surface area contributed by atoms with Crippen molar-refractivity contribution in [3.05, 3.63) is 21.5 Å². The molecule has 0 aromatic rings. The van der Waals surface area contributed by atoms with Crippen LogP contribution >= 0.6 is 27.5 Å². The Labute approximate surface area is 103 Å². The Kier molecular flexibility index (Phi) is 3.19. The molecule has 2 rings (SSSR count). The van der Waals surface area contributed by atoms with Crippen LogP contribution in [0.15, 0.2) is 26.5 Å². The van der Waals surface area contributed by atoms with E-state index in [-0.39, 0.29) is 0 Å². The second kappa shape index (κ2) is 4.28. The van der Waals surface area contributed by atoms with Crippen LogP contribution in [0, 0.1) is 5.92 Å². The van der Waals surface area contributed by atoms with Crippen LogP contribution in [-0.2, 0) is 0 Å². The minimum absolute atomic E-state index is 0.439. The number of nitrogens with one attached hydrogen (secondary N) is 1. The van der Waals surface area contributed by atoms with Gasteiger partial charge in [0.2, 0.25) is 0 Å². The smallest absolute Gasteiger partial charge is 0.160 e. The van der Waals surface area contributed by atoms with Crippen molar-refractivity contribution in [3.63, 3.8) is 0 Å². The summed E-state index contributed by atoms with van der Waals surface area (Å²) in [5.41, 5.74) is 4.19. The van der Waals surface area contributed by atoms with E-state index in [4.69, 9.17) is 11.6 Å². The van der Waals surface area contributed by atoms with Crippen molar-refractivity contribution in [2.75, 3.05) is 6.54 Å². The maximum Gasteiger partial charge on any atom is 0.160 e. The first kappa shape index (κ1) is 11.2. The second-order valence-corrected chi connectivity index (χ2v) is 5.06. The quantitative estimate of drug-likeness (QED) is 0.792. The number of allylic oxidation sites excluding steroid dienone is 1. The molecule has 5 heteroatoms. The number of hydrazine groups is 1. The molecule has 0 spiro atoms. The van der Waals surface area contributed by atoms with Crippen molar-refractivity contribution in [2.45, 2.75) is 20.3 Å². The molecule has 0 fully saturated rings. The molecule has 2 heterocycles. The van der Waals surface area contributed by atoms with Crippen LogP contribution in [0.25, 0.3) is 0 Å². The lowest BCUT2D eigenvalue weighted by Gasteiger charge is -2.24. The number of hydrogen-bond acceptors (Lipinski definition) is 3. The van der Waals surface area contributed by atoms with E-state index in [2.05, 4.69) is 40.2 Å². The third-order valence-electron chi connectivity index (χ3n) is 2.68. The molecule has 82 valence electrons. The van der Waals surface area contributed by atoms with Crippen molar-refractivity contribution in [1.29, 1.82) is 0 Å². The monoisotopic (exact) mass is 289 g/mol. The summed E-state index contributed by atoms with van der Waals surface area (Å²) in [6.07, 6.45) is 3.00. The predicted molar refractivity (Wildman–Crippen MR) is 66.6 cm³/mol. The minimum atomic E-state index is 0.439. The van der Waals surface area contributed by atoms with Crippen LogP contribution in [0.2, 0.25) is 0 Å². The summed E-state index contributed by atoms with van der Waals surface area (Å²) >= 11 is 9.66. The molecule has 1 unspecified atom stereocenters. The van der Waals surface area contributed by atoms with Gasteiger partial charge in [-0.1, -0.05) is 41.4 Å². The summed E-state index contributed by atoms with van der Waals surface area (Å²) in [5.74, 6) is 1.33. The van der Waals surface area contributed by atoms with Crippen LogP contribution in [0.4, 0.5) is 0 Å². The van der Waals surface area contributed by atoms with Crippen molar-refractivity contribution >= 4 is 33.2 Å². The van der Waals surface area contributed by atoms with E-state index in [1.807, 2.05) is 6.08 Å². The number of halogens is 2. The second-order valence-electron chi connectivity index (χ2n) is 3.71. The van der Waals surface area contributed by atoms with E-state index in [0.717, 1.165) is 29.0 Å². The van der Waals surface area contributed by atoms with E-state index >= 15 is 0 Å².